The maximum absolute atomic E-state index is 12.2. The average Bonchev–Trinajstić information content (AvgIpc) is 2.48. The number of aromatic nitrogens is 2. The van der Waals surface area contributed by atoms with Crippen LogP contribution in [0.1, 0.15) is 36.2 Å². The van der Waals surface area contributed by atoms with Gasteiger partial charge in [0.25, 0.3) is 11.5 Å². The van der Waals surface area contributed by atoms with E-state index in [2.05, 4.69) is 10.4 Å². The van der Waals surface area contributed by atoms with E-state index in [4.69, 9.17) is 4.74 Å². The van der Waals surface area contributed by atoms with Crippen LogP contribution in [0.2, 0.25) is 0 Å². The monoisotopic (exact) mass is 295 g/mol. The predicted octanol–water partition coefficient (Wildman–Crippen LogP) is -0.0770. The van der Waals surface area contributed by atoms with Crippen LogP contribution in [0.5, 0.6) is 0 Å². The lowest BCUT2D eigenvalue weighted by molar-refractivity contribution is 0.0711. The summed E-state index contributed by atoms with van der Waals surface area (Å²) in [5, 5.41) is 16.7. The number of nitrogens with one attached hydrogen (secondary N) is 1. The molecule has 0 spiro atoms. The first-order valence-corrected chi connectivity index (χ1v) is 7.18. The molecule has 1 aliphatic rings. The smallest absolute Gasteiger partial charge is 0.272 e. The van der Waals surface area contributed by atoms with E-state index in [0.29, 0.717) is 19.6 Å². The van der Waals surface area contributed by atoms with Gasteiger partial charge in [0.2, 0.25) is 0 Å². The van der Waals surface area contributed by atoms with E-state index in [1.165, 1.54) is 23.9 Å². The van der Waals surface area contributed by atoms with Crippen LogP contribution < -0.4 is 10.9 Å². The second-order valence-electron chi connectivity index (χ2n) is 5.20. The van der Waals surface area contributed by atoms with Gasteiger partial charge in [-0.15, -0.1) is 0 Å². The SMILES string of the molecule is COCCn1nc(C(=O)N[C@H]2CCCC[C@@H]2O)ccc1=O. The van der Waals surface area contributed by atoms with E-state index in [-0.39, 0.29) is 23.2 Å². The Morgan fingerprint density at radius 3 is 2.95 bits per heavy atom. The van der Waals surface area contributed by atoms with Gasteiger partial charge in [-0.25, -0.2) is 4.68 Å². The summed E-state index contributed by atoms with van der Waals surface area (Å²) in [4.78, 5) is 23.8. The van der Waals surface area contributed by atoms with Gasteiger partial charge >= 0.3 is 0 Å². The molecule has 2 rings (SSSR count). The Hall–Kier alpha value is -1.73. The molecular formula is C14H21N3O4. The number of nitrogens with zero attached hydrogens (tertiary/aromatic N) is 2. The van der Waals surface area contributed by atoms with Crippen LogP contribution in [0.3, 0.4) is 0 Å². The van der Waals surface area contributed by atoms with E-state index in [9.17, 15) is 14.7 Å². The van der Waals surface area contributed by atoms with Gasteiger partial charge in [-0.3, -0.25) is 9.59 Å². The third-order valence-corrected chi connectivity index (χ3v) is 3.65. The molecule has 0 radical (unpaired) electrons. The first-order chi connectivity index (χ1) is 10.1. The molecule has 21 heavy (non-hydrogen) atoms. The van der Waals surface area contributed by atoms with Crippen molar-refractivity contribution in [1.29, 1.82) is 0 Å². The molecule has 0 bridgehead atoms. The number of aliphatic hydroxyl groups excluding tert-OH is 1. The zero-order valence-electron chi connectivity index (χ0n) is 12.1. The number of aliphatic hydroxyl groups is 1. The summed E-state index contributed by atoms with van der Waals surface area (Å²) < 4.78 is 6.11. The van der Waals surface area contributed by atoms with Crippen molar-refractivity contribution in [3.8, 4) is 0 Å². The van der Waals surface area contributed by atoms with Crippen molar-refractivity contribution in [2.24, 2.45) is 0 Å². The number of carbonyl (C=O) groups is 1. The lowest BCUT2D eigenvalue weighted by Crippen LogP contribution is -2.45. The maximum atomic E-state index is 12.2. The molecule has 2 atom stereocenters. The van der Waals surface area contributed by atoms with Crippen molar-refractivity contribution >= 4 is 5.91 Å². The minimum absolute atomic E-state index is 0.170. The highest BCUT2D eigenvalue weighted by atomic mass is 16.5. The van der Waals surface area contributed by atoms with E-state index in [0.717, 1.165) is 19.3 Å². The van der Waals surface area contributed by atoms with E-state index in [1.807, 2.05) is 0 Å². The van der Waals surface area contributed by atoms with Crippen LogP contribution in [0.15, 0.2) is 16.9 Å². The second kappa shape index (κ2) is 7.33. The summed E-state index contributed by atoms with van der Waals surface area (Å²) in [6.45, 7) is 0.641. The van der Waals surface area contributed by atoms with E-state index in [1.54, 1.807) is 0 Å². The van der Waals surface area contributed by atoms with Gasteiger partial charge in [0, 0.05) is 13.2 Å². The second-order valence-corrected chi connectivity index (χ2v) is 5.20. The molecule has 1 aliphatic carbocycles. The van der Waals surface area contributed by atoms with Crippen molar-refractivity contribution in [3.63, 3.8) is 0 Å². The quantitative estimate of drug-likeness (QED) is 0.792. The zero-order valence-corrected chi connectivity index (χ0v) is 12.1. The fraction of sp³-hybridized carbons (Fsp3) is 0.643. The highest BCUT2D eigenvalue weighted by Crippen LogP contribution is 2.18. The minimum Gasteiger partial charge on any atom is -0.391 e. The molecule has 0 aromatic carbocycles. The number of amides is 1. The fourth-order valence-electron chi connectivity index (χ4n) is 2.43. The van der Waals surface area contributed by atoms with Crippen molar-refractivity contribution in [3.05, 3.63) is 28.2 Å². The molecule has 1 aromatic rings. The molecule has 1 aromatic heterocycles. The normalized spacial score (nSPS) is 22.0. The maximum Gasteiger partial charge on any atom is 0.272 e. The van der Waals surface area contributed by atoms with Crippen LogP contribution in [-0.2, 0) is 11.3 Å². The summed E-state index contributed by atoms with van der Waals surface area (Å²) in [6.07, 6.45) is 2.92. The largest absolute Gasteiger partial charge is 0.391 e. The molecule has 1 amide bonds. The standard InChI is InChI=1S/C14H21N3O4/c1-21-9-8-17-13(19)7-6-11(16-17)14(20)15-10-4-2-3-5-12(10)18/h6-7,10,12,18H,2-5,8-9H2,1H3,(H,15,20)/t10-,12-/m0/s1. The first-order valence-electron chi connectivity index (χ1n) is 7.18. The van der Waals surface area contributed by atoms with Crippen LogP contribution in [0, 0.1) is 0 Å². The summed E-state index contributed by atoms with van der Waals surface area (Å²) in [5.41, 5.74) is -0.107. The molecule has 0 aliphatic heterocycles. The van der Waals surface area contributed by atoms with E-state index < -0.39 is 6.10 Å². The van der Waals surface area contributed by atoms with Crippen LogP contribution in [-0.4, -0.2) is 46.7 Å². The summed E-state index contributed by atoms with van der Waals surface area (Å²) in [7, 11) is 1.53. The molecule has 0 unspecified atom stereocenters. The van der Waals surface area contributed by atoms with Crippen molar-refractivity contribution in [1.82, 2.24) is 15.1 Å². The summed E-state index contributed by atoms with van der Waals surface area (Å²) in [6, 6.07) is 2.47. The van der Waals surface area contributed by atoms with Crippen LogP contribution in [0.4, 0.5) is 0 Å². The van der Waals surface area contributed by atoms with Crippen LogP contribution >= 0.6 is 0 Å². The Balaban J connectivity index is 2.06. The van der Waals surface area contributed by atoms with Crippen molar-refractivity contribution in [2.45, 2.75) is 44.4 Å². The highest BCUT2D eigenvalue weighted by molar-refractivity contribution is 5.92. The number of hydrogen-bond acceptors (Lipinski definition) is 5. The topological polar surface area (TPSA) is 93.5 Å². The molecule has 1 fully saturated rings. The number of carbonyl (C=O) groups excluding carboxylic acids is 1. The highest BCUT2D eigenvalue weighted by Gasteiger charge is 2.25. The summed E-state index contributed by atoms with van der Waals surface area (Å²) >= 11 is 0. The molecule has 7 heteroatoms. The van der Waals surface area contributed by atoms with Gasteiger partial charge in [-0.2, -0.15) is 5.10 Å². The van der Waals surface area contributed by atoms with Gasteiger partial charge in [-0.05, 0) is 18.9 Å². The zero-order chi connectivity index (χ0) is 15.2. The molecule has 0 saturated heterocycles. The third kappa shape index (κ3) is 4.12. The average molecular weight is 295 g/mol. The van der Waals surface area contributed by atoms with Gasteiger partial charge in [-0.1, -0.05) is 12.8 Å². The summed E-state index contributed by atoms with van der Waals surface area (Å²) in [5.74, 6) is -0.368. The molecule has 7 nitrogen and oxygen atoms in total. The Bertz CT molecular complexity index is 543. The number of methoxy groups -OCH3 is 1. The predicted molar refractivity (Wildman–Crippen MR) is 76.1 cm³/mol. The van der Waals surface area contributed by atoms with Crippen molar-refractivity contribution in [2.75, 3.05) is 13.7 Å². The van der Waals surface area contributed by atoms with Crippen LogP contribution in [0.25, 0.3) is 0 Å². The molecule has 1 heterocycles. The molecular weight excluding hydrogens is 274 g/mol. The Kier molecular flexibility index (Phi) is 5.46. The molecule has 1 saturated carbocycles. The molecule has 2 N–H and O–H groups in total. The minimum atomic E-state index is -0.512. The van der Waals surface area contributed by atoms with Gasteiger partial charge in [0.1, 0.15) is 5.69 Å². The lowest BCUT2D eigenvalue weighted by Gasteiger charge is -2.28. The van der Waals surface area contributed by atoms with Crippen molar-refractivity contribution < 1.29 is 14.6 Å². The third-order valence-electron chi connectivity index (χ3n) is 3.65. The van der Waals surface area contributed by atoms with Gasteiger partial charge in [0.15, 0.2) is 0 Å². The lowest BCUT2D eigenvalue weighted by atomic mass is 9.92. The molecule has 116 valence electrons. The number of rotatable bonds is 5. The number of hydrogen-bond donors (Lipinski definition) is 2. The van der Waals surface area contributed by atoms with Gasteiger partial charge in [0.05, 0.1) is 25.3 Å². The first kappa shape index (κ1) is 15.7. The Morgan fingerprint density at radius 1 is 1.48 bits per heavy atom. The van der Waals surface area contributed by atoms with E-state index >= 15 is 0 Å². The Morgan fingerprint density at radius 2 is 2.24 bits per heavy atom. The fourth-order valence-corrected chi connectivity index (χ4v) is 2.43. The Labute approximate surface area is 122 Å². The number of ether oxygens (including phenoxy) is 1. The van der Waals surface area contributed by atoms with Gasteiger partial charge < -0.3 is 15.2 Å².